The number of carboxylic acids is 1. The van der Waals surface area contributed by atoms with E-state index < -0.39 is 5.97 Å². The third-order valence-electron chi connectivity index (χ3n) is 3.44. The van der Waals surface area contributed by atoms with Crippen molar-refractivity contribution in [2.45, 2.75) is 0 Å². The lowest BCUT2D eigenvalue weighted by Crippen LogP contribution is -2.22. The quantitative estimate of drug-likeness (QED) is 0.456. The van der Waals surface area contributed by atoms with E-state index in [0.29, 0.717) is 33.8 Å². The van der Waals surface area contributed by atoms with Gasteiger partial charge >= 0.3 is 5.97 Å². The van der Waals surface area contributed by atoms with E-state index in [9.17, 15) is 9.59 Å². The van der Waals surface area contributed by atoms with E-state index in [2.05, 4.69) is 53.0 Å². The van der Waals surface area contributed by atoms with Crippen molar-refractivity contribution in [3.05, 3.63) is 56.2 Å². The van der Waals surface area contributed by atoms with Gasteiger partial charge in [0.25, 0.3) is 5.91 Å². The lowest BCUT2D eigenvalue weighted by atomic mass is 10.2. The second-order valence-electron chi connectivity index (χ2n) is 4.96. The molecule has 0 atom stereocenters. The van der Waals surface area contributed by atoms with Crippen molar-refractivity contribution in [2.75, 3.05) is 12.0 Å². The van der Waals surface area contributed by atoms with Crippen LogP contribution in [0.3, 0.4) is 0 Å². The molecule has 1 aromatic carbocycles. The molecule has 7 nitrogen and oxygen atoms in total. The normalized spacial score (nSPS) is 13.4. The minimum absolute atomic E-state index is 0.199. The molecule has 2 heterocycles. The molecule has 0 bridgehead atoms. The molecule has 0 spiro atoms. The molecular weight excluding hydrogens is 444 g/mol. The Morgan fingerprint density at radius 1 is 1.17 bits per heavy atom. The predicted octanol–water partition coefficient (Wildman–Crippen LogP) is 2.94. The van der Waals surface area contributed by atoms with E-state index in [1.54, 1.807) is 12.1 Å². The standard InChI is InChI=1S/C15H12Br2N4O3/c16-11-10-9(5-6-18-14(22)12(10)19-13(11)17)21-20-8-3-1-7(2-4-8)15(23)24/h1-5,19-21H,6H2,(H,18,22)(H,23,24). The molecule has 24 heavy (non-hydrogen) atoms. The zero-order valence-corrected chi connectivity index (χ0v) is 15.3. The van der Waals surface area contributed by atoms with E-state index in [1.807, 2.05) is 6.08 Å². The third kappa shape index (κ3) is 3.17. The molecule has 0 saturated heterocycles. The average Bonchev–Trinajstić information content (AvgIpc) is 2.77. The number of hydrogen-bond acceptors (Lipinski definition) is 4. The molecule has 5 N–H and O–H groups in total. The van der Waals surface area contributed by atoms with Gasteiger partial charge in [-0.3, -0.25) is 4.79 Å². The fourth-order valence-electron chi connectivity index (χ4n) is 2.26. The van der Waals surface area contributed by atoms with Gasteiger partial charge in [-0.1, -0.05) is 0 Å². The highest BCUT2D eigenvalue weighted by atomic mass is 79.9. The second kappa shape index (κ2) is 6.70. The van der Waals surface area contributed by atoms with Gasteiger partial charge in [0.1, 0.15) is 5.69 Å². The number of amides is 1. The van der Waals surface area contributed by atoms with Crippen molar-refractivity contribution in [3.8, 4) is 0 Å². The molecule has 0 aliphatic carbocycles. The Morgan fingerprint density at radius 2 is 1.88 bits per heavy atom. The molecule has 3 rings (SSSR count). The van der Waals surface area contributed by atoms with Crippen LogP contribution in [0.15, 0.2) is 39.4 Å². The molecule has 1 aliphatic rings. The summed E-state index contributed by atoms with van der Waals surface area (Å²) in [6.07, 6.45) is 1.84. The molecular formula is C15H12Br2N4O3. The number of carbonyl (C=O) groups excluding carboxylic acids is 1. The van der Waals surface area contributed by atoms with E-state index in [4.69, 9.17) is 5.11 Å². The highest BCUT2D eigenvalue weighted by molar-refractivity contribution is 9.13. The van der Waals surface area contributed by atoms with Gasteiger partial charge in [-0.15, -0.1) is 0 Å². The topological polar surface area (TPSA) is 106 Å². The Balaban J connectivity index is 1.82. The van der Waals surface area contributed by atoms with Gasteiger partial charge < -0.3 is 26.3 Å². The summed E-state index contributed by atoms with van der Waals surface area (Å²) in [6.45, 7) is 0.382. The second-order valence-corrected chi connectivity index (χ2v) is 6.55. The first-order chi connectivity index (χ1) is 11.5. The monoisotopic (exact) mass is 454 g/mol. The van der Waals surface area contributed by atoms with Gasteiger partial charge in [-0.05, 0) is 62.2 Å². The molecule has 2 aromatic rings. The Morgan fingerprint density at radius 3 is 2.54 bits per heavy atom. The first-order valence-electron chi connectivity index (χ1n) is 6.88. The van der Waals surface area contributed by atoms with E-state index in [1.165, 1.54) is 12.1 Å². The summed E-state index contributed by atoms with van der Waals surface area (Å²) in [6, 6.07) is 6.32. The van der Waals surface area contributed by atoms with Crippen LogP contribution in [0, 0.1) is 0 Å². The summed E-state index contributed by atoms with van der Waals surface area (Å²) in [7, 11) is 0. The fourth-order valence-corrected chi connectivity index (χ4v) is 3.16. The van der Waals surface area contributed by atoms with Gasteiger partial charge in [-0.25, -0.2) is 4.79 Å². The number of carbonyl (C=O) groups is 2. The molecule has 1 aliphatic heterocycles. The van der Waals surface area contributed by atoms with Crippen LogP contribution in [0.4, 0.5) is 5.69 Å². The molecule has 0 fully saturated rings. The average molecular weight is 456 g/mol. The van der Waals surface area contributed by atoms with Crippen LogP contribution >= 0.6 is 31.9 Å². The number of rotatable bonds is 4. The number of H-pyrrole nitrogens is 1. The van der Waals surface area contributed by atoms with E-state index in [0.717, 1.165) is 4.47 Å². The number of anilines is 1. The van der Waals surface area contributed by atoms with Crippen LogP contribution in [0.5, 0.6) is 0 Å². The van der Waals surface area contributed by atoms with Gasteiger partial charge in [0.05, 0.1) is 26.0 Å². The molecule has 9 heteroatoms. The fraction of sp³-hybridized carbons (Fsp3) is 0.0667. The predicted molar refractivity (Wildman–Crippen MR) is 96.7 cm³/mol. The maximum absolute atomic E-state index is 12.1. The number of hydrogen-bond donors (Lipinski definition) is 5. The smallest absolute Gasteiger partial charge is 0.335 e. The summed E-state index contributed by atoms with van der Waals surface area (Å²) >= 11 is 6.82. The Bertz CT molecular complexity index is 843. The van der Waals surface area contributed by atoms with Gasteiger partial charge in [0.15, 0.2) is 0 Å². The van der Waals surface area contributed by atoms with Crippen LogP contribution in [-0.2, 0) is 0 Å². The van der Waals surface area contributed by atoms with Crippen LogP contribution < -0.4 is 16.2 Å². The number of aromatic nitrogens is 1. The Labute approximate surface area is 153 Å². The number of benzene rings is 1. The van der Waals surface area contributed by atoms with Crippen molar-refractivity contribution in [2.24, 2.45) is 0 Å². The zero-order valence-electron chi connectivity index (χ0n) is 12.1. The summed E-state index contributed by atoms with van der Waals surface area (Å²) < 4.78 is 1.40. The summed E-state index contributed by atoms with van der Waals surface area (Å²) in [4.78, 5) is 25.9. The zero-order chi connectivity index (χ0) is 17.3. The van der Waals surface area contributed by atoms with Crippen LogP contribution in [0.25, 0.3) is 5.70 Å². The largest absolute Gasteiger partial charge is 0.478 e. The third-order valence-corrected chi connectivity index (χ3v) is 5.36. The minimum Gasteiger partial charge on any atom is -0.478 e. The van der Waals surface area contributed by atoms with Crippen molar-refractivity contribution >= 4 is 55.1 Å². The van der Waals surface area contributed by atoms with E-state index >= 15 is 0 Å². The maximum Gasteiger partial charge on any atom is 0.335 e. The number of nitrogens with one attached hydrogen (secondary N) is 4. The number of hydrazine groups is 1. The van der Waals surface area contributed by atoms with Gasteiger partial charge in [-0.2, -0.15) is 0 Å². The van der Waals surface area contributed by atoms with Crippen molar-refractivity contribution in [3.63, 3.8) is 0 Å². The first-order valence-corrected chi connectivity index (χ1v) is 8.47. The SMILES string of the molecule is O=C(O)c1ccc(NNC2=CCNC(=O)c3[nH]c(Br)c(Br)c32)cc1. The number of fused-ring (bicyclic) bond motifs is 1. The molecule has 1 amide bonds. The highest BCUT2D eigenvalue weighted by Crippen LogP contribution is 2.34. The first kappa shape index (κ1) is 16.6. The van der Waals surface area contributed by atoms with Crippen LogP contribution in [-0.4, -0.2) is 28.5 Å². The van der Waals surface area contributed by atoms with Crippen molar-refractivity contribution in [1.29, 1.82) is 0 Å². The van der Waals surface area contributed by atoms with Crippen molar-refractivity contribution in [1.82, 2.24) is 15.7 Å². The molecule has 1 aromatic heterocycles. The lowest BCUT2D eigenvalue weighted by molar-refractivity contribution is 0.0696. The Kier molecular flexibility index (Phi) is 4.63. The van der Waals surface area contributed by atoms with Crippen LogP contribution in [0.1, 0.15) is 26.4 Å². The molecule has 124 valence electrons. The lowest BCUT2D eigenvalue weighted by Gasteiger charge is -2.13. The molecule has 0 radical (unpaired) electrons. The maximum atomic E-state index is 12.1. The van der Waals surface area contributed by atoms with Gasteiger partial charge in [0.2, 0.25) is 0 Å². The number of carboxylic acid groups (broad SMARTS) is 1. The van der Waals surface area contributed by atoms with Gasteiger partial charge in [0, 0.05) is 12.1 Å². The minimum atomic E-state index is -0.976. The number of halogens is 2. The number of aromatic carboxylic acids is 1. The number of aromatic amines is 1. The van der Waals surface area contributed by atoms with E-state index in [-0.39, 0.29) is 11.5 Å². The Hall–Kier alpha value is -2.26. The molecule has 0 unspecified atom stereocenters. The summed E-state index contributed by atoms with van der Waals surface area (Å²) in [5.74, 6) is -1.17. The highest BCUT2D eigenvalue weighted by Gasteiger charge is 2.24. The summed E-state index contributed by atoms with van der Waals surface area (Å²) in [5, 5.41) is 11.7. The molecule has 0 saturated carbocycles. The summed E-state index contributed by atoms with van der Waals surface area (Å²) in [5.41, 5.74) is 8.81. The van der Waals surface area contributed by atoms with Crippen molar-refractivity contribution < 1.29 is 14.7 Å². The van der Waals surface area contributed by atoms with Crippen LogP contribution in [0.2, 0.25) is 0 Å².